The van der Waals surface area contributed by atoms with Crippen LogP contribution in [0.25, 0.3) is 0 Å². The summed E-state index contributed by atoms with van der Waals surface area (Å²) in [5.41, 5.74) is 0.937. The van der Waals surface area contributed by atoms with Crippen LogP contribution in [0.2, 0.25) is 0 Å². The molecule has 0 bridgehead atoms. The smallest absolute Gasteiger partial charge is 0.315 e. The third-order valence-corrected chi connectivity index (χ3v) is 5.54. The van der Waals surface area contributed by atoms with Gasteiger partial charge in [0.1, 0.15) is 0 Å². The topological polar surface area (TPSA) is 74.3 Å². The Morgan fingerprint density at radius 2 is 2.17 bits per heavy atom. The Morgan fingerprint density at radius 1 is 1.29 bits per heavy atom. The van der Waals surface area contributed by atoms with Crippen LogP contribution in [0, 0.1) is 0 Å². The van der Waals surface area contributed by atoms with Crippen LogP contribution in [-0.4, -0.2) is 41.5 Å². The van der Waals surface area contributed by atoms with Gasteiger partial charge in [-0.2, -0.15) is 0 Å². The predicted molar refractivity (Wildman–Crippen MR) is 94.0 cm³/mol. The molecule has 1 aliphatic carbocycles. The van der Waals surface area contributed by atoms with Crippen molar-refractivity contribution in [1.82, 2.24) is 20.5 Å². The molecule has 132 valence electrons. The molecule has 3 amide bonds. The van der Waals surface area contributed by atoms with E-state index in [-0.39, 0.29) is 11.9 Å². The highest BCUT2D eigenvalue weighted by Gasteiger charge is 2.26. The van der Waals surface area contributed by atoms with Gasteiger partial charge in [0.15, 0.2) is 0 Å². The molecule has 1 saturated carbocycles. The average Bonchev–Trinajstić information content (AvgIpc) is 3.35. The summed E-state index contributed by atoms with van der Waals surface area (Å²) >= 11 is 1.69. The number of amides is 3. The minimum absolute atomic E-state index is 0.168. The van der Waals surface area contributed by atoms with E-state index in [2.05, 4.69) is 15.6 Å². The van der Waals surface area contributed by atoms with Gasteiger partial charge in [0.25, 0.3) is 0 Å². The fourth-order valence-electron chi connectivity index (χ4n) is 2.90. The zero-order valence-corrected chi connectivity index (χ0v) is 14.9. The van der Waals surface area contributed by atoms with Crippen molar-refractivity contribution in [3.05, 3.63) is 16.1 Å². The van der Waals surface area contributed by atoms with Crippen LogP contribution < -0.4 is 10.6 Å². The third kappa shape index (κ3) is 5.19. The molecule has 1 saturated heterocycles. The van der Waals surface area contributed by atoms with Gasteiger partial charge in [0.05, 0.1) is 17.2 Å². The molecule has 2 aliphatic rings. The third-order valence-electron chi connectivity index (χ3n) is 4.49. The van der Waals surface area contributed by atoms with Crippen molar-refractivity contribution in [2.24, 2.45) is 0 Å². The fourth-order valence-corrected chi connectivity index (χ4v) is 3.89. The lowest BCUT2D eigenvalue weighted by atomic mass is 10.2. The number of rotatable bonds is 7. The molecule has 7 heteroatoms. The SMILES string of the molecule is O=C(NCCCN1CCCCCC1=O)NCc1csc(C2CC2)n1. The lowest BCUT2D eigenvalue weighted by Gasteiger charge is -2.20. The van der Waals surface area contributed by atoms with Crippen LogP contribution in [0.4, 0.5) is 4.79 Å². The second-order valence-corrected chi connectivity index (χ2v) is 7.50. The van der Waals surface area contributed by atoms with Gasteiger partial charge in [-0.25, -0.2) is 9.78 Å². The summed E-state index contributed by atoms with van der Waals surface area (Å²) in [6, 6.07) is -0.168. The number of nitrogens with zero attached hydrogens (tertiary/aromatic N) is 2. The van der Waals surface area contributed by atoms with Crippen LogP contribution in [-0.2, 0) is 11.3 Å². The Kier molecular flexibility index (Phi) is 6.07. The van der Waals surface area contributed by atoms with Gasteiger partial charge in [-0.1, -0.05) is 6.42 Å². The monoisotopic (exact) mass is 350 g/mol. The second kappa shape index (κ2) is 8.46. The Balaban J connectivity index is 1.28. The van der Waals surface area contributed by atoms with E-state index in [1.54, 1.807) is 11.3 Å². The molecule has 24 heavy (non-hydrogen) atoms. The molecule has 1 aromatic heterocycles. The molecule has 0 spiro atoms. The van der Waals surface area contributed by atoms with E-state index in [1.807, 2.05) is 10.3 Å². The van der Waals surface area contributed by atoms with E-state index >= 15 is 0 Å². The number of carbonyl (C=O) groups is 2. The lowest BCUT2D eigenvalue weighted by molar-refractivity contribution is -0.130. The van der Waals surface area contributed by atoms with E-state index in [0.717, 1.165) is 44.5 Å². The number of nitrogens with one attached hydrogen (secondary N) is 2. The van der Waals surface area contributed by atoms with Gasteiger partial charge in [-0.15, -0.1) is 11.3 Å². The first-order chi connectivity index (χ1) is 11.7. The van der Waals surface area contributed by atoms with Gasteiger partial charge in [0.2, 0.25) is 5.91 Å². The summed E-state index contributed by atoms with van der Waals surface area (Å²) in [6.45, 7) is 2.65. The number of hydrogen-bond donors (Lipinski definition) is 2. The first kappa shape index (κ1) is 17.2. The van der Waals surface area contributed by atoms with E-state index in [9.17, 15) is 9.59 Å². The van der Waals surface area contributed by atoms with Crippen molar-refractivity contribution in [3.63, 3.8) is 0 Å². The molecule has 2 fully saturated rings. The van der Waals surface area contributed by atoms with Crippen molar-refractivity contribution >= 4 is 23.3 Å². The summed E-state index contributed by atoms with van der Waals surface area (Å²) in [5.74, 6) is 0.922. The quantitative estimate of drug-likeness (QED) is 0.742. The molecule has 2 heterocycles. The Morgan fingerprint density at radius 3 is 3.00 bits per heavy atom. The Bertz CT molecular complexity index is 571. The highest BCUT2D eigenvalue weighted by Crippen LogP contribution is 2.41. The Labute approximate surface area is 147 Å². The number of carbonyl (C=O) groups excluding carboxylic acids is 2. The normalized spacial score (nSPS) is 18.3. The van der Waals surface area contributed by atoms with E-state index in [1.165, 1.54) is 17.8 Å². The molecule has 0 radical (unpaired) electrons. The summed E-state index contributed by atoms with van der Waals surface area (Å²) < 4.78 is 0. The molecular formula is C17H26N4O2S. The molecule has 0 unspecified atom stereocenters. The molecule has 0 atom stereocenters. The zero-order chi connectivity index (χ0) is 16.8. The maximum atomic E-state index is 11.9. The fraction of sp³-hybridized carbons (Fsp3) is 0.706. The van der Waals surface area contributed by atoms with Crippen LogP contribution in [0.3, 0.4) is 0 Å². The summed E-state index contributed by atoms with van der Waals surface area (Å²) in [4.78, 5) is 30.2. The number of aromatic nitrogens is 1. The lowest BCUT2D eigenvalue weighted by Crippen LogP contribution is -2.38. The molecule has 1 aliphatic heterocycles. The predicted octanol–water partition coefficient (Wildman–Crippen LogP) is 2.61. The van der Waals surface area contributed by atoms with Crippen molar-refractivity contribution in [1.29, 1.82) is 0 Å². The number of thiazole rings is 1. The number of urea groups is 1. The van der Waals surface area contributed by atoms with Crippen molar-refractivity contribution in [2.75, 3.05) is 19.6 Å². The van der Waals surface area contributed by atoms with Gasteiger partial charge in [-0.05, 0) is 32.1 Å². The van der Waals surface area contributed by atoms with Crippen molar-refractivity contribution < 1.29 is 9.59 Å². The molecule has 2 N–H and O–H groups in total. The standard InChI is InChI=1S/C17H26N4O2S/c22-15-5-2-1-3-9-21(15)10-4-8-18-17(23)19-11-14-12-24-16(20-14)13-6-7-13/h12-13H,1-11H2,(H2,18,19,23). The van der Waals surface area contributed by atoms with Gasteiger partial charge in [0, 0.05) is 37.4 Å². The average molecular weight is 350 g/mol. The van der Waals surface area contributed by atoms with Gasteiger partial charge >= 0.3 is 6.03 Å². The van der Waals surface area contributed by atoms with Crippen LogP contribution in [0.15, 0.2) is 5.38 Å². The van der Waals surface area contributed by atoms with E-state index < -0.39 is 0 Å². The first-order valence-corrected chi connectivity index (χ1v) is 9.84. The van der Waals surface area contributed by atoms with Crippen LogP contribution >= 0.6 is 11.3 Å². The van der Waals surface area contributed by atoms with Crippen LogP contribution in [0.1, 0.15) is 61.6 Å². The van der Waals surface area contributed by atoms with Gasteiger partial charge < -0.3 is 15.5 Å². The number of hydrogen-bond acceptors (Lipinski definition) is 4. The second-order valence-electron chi connectivity index (χ2n) is 6.61. The molecular weight excluding hydrogens is 324 g/mol. The largest absolute Gasteiger partial charge is 0.343 e. The summed E-state index contributed by atoms with van der Waals surface area (Å²) in [7, 11) is 0. The highest BCUT2D eigenvalue weighted by molar-refractivity contribution is 7.09. The minimum atomic E-state index is -0.168. The van der Waals surface area contributed by atoms with Crippen molar-refractivity contribution in [3.8, 4) is 0 Å². The Hall–Kier alpha value is -1.63. The van der Waals surface area contributed by atoms with Gasteiger partial charge in [-0.3, -0.25) is 4.79 Å². The summed E-state index contributed by atoms with van der Waals surface area (Å²) in [6.07, 6.45) is 7.21. The molecule has 6 nitrogen and oxygen atoms in total. The zero-order valence-electron chi connectivity index (χ0n) is 14.1. The van der Waals surface area contributed by atoms with E-state index in [0.29, 0.717) is 25.4 Å². The highest BCUT2D eigenvalue weighted by atomic mass is 32.1. The summed E-state index contributed by atoms with van der Waals surface area (Å²) in [5, 5.41) is 8.92. The van der Waals surface area contributed by atoms with Crippen LogP contribution in [0.5, 0.6) is 0 Å². The molecule has 1 aromatic rings. The van der Waals surface area contributed by atoms with Crippen molar-refractivity contribution in [2.45, 2.75) is 57.4 Å². The maximum Gasteiger partial charge on any atom is 0.315 e. The first-order valence-electron chi connectivity index (χ1n) is 8.96. The van der Waals surface area contributed by atoms with E-state index in [4.69, 9.17) is 0 Å². The molecule has 0 aromatic carbocycles. The maximum absolute atomic E-state index is 11.9. The minimum Gasteiger partial charge on any atom is -0.343 e. The number of likely N-dealkylation sites (tertiary alicyclic amines) is 1. The molecule has 3 rings (SSSR count).